The van der Waals surface area contributed by atoms with Crippen molar-refractivity contribution >= 4 is 6.03 Å². The molecule has 104 valence electrons. The van der Waals surface area contributed by atoms with Gasteiger partial charge in [0.2, 0.25) is 0 Å². The standard InChI is InChI=1S/C15H28N2O/c1-2-13-6-8-14(9-7-13)12-16-15(18)17-10-4-3-5-11-17/h13-14H,2-12H2,1H3,(H,16,18). The Balaban J connectivity index is 1.63. The van der Waals surface area contributed by atoms with Crippen LogP contribution in [0.4, 0.5) is 4.79 Å². The molecule has 1 saturated heterocycles. The molecule has 0 unspecified atom stereocenters. The third-order valence-electron chi connectivity index (χ3n) is 4.73. The van der Waals surface area contributed by atoms with E-state index < -0.39 is 0 Å². The van der Waals surface area contributed by atoms with Crippen molar-refractivity contribution < 1.29 is 4.79 Å². The second-order valence-corrected chi connectivity index (χ2v) is 6.03. The first kappa shape index (κ1) is 13.7. The first-order chi connectivity index (χ1) is 8.79. The van der Waals surface area contributed by atoms with Gasteiger partial charge in [-0.05, 0) is 43.9 Å². The lowest BCUT2D eigenvalue weighted by Gasteiger charge is -2.30. The third kappa shape index (κ3) is 3.89. The second kappa shape index (κ2) is 7.01. The van der Waals surface area contributed by atoms with Crippen LogP contribution in [0.15, 0.2) is 0 Å². The zero-order valence-electron chi connectivity index (χ0n) is 11.8. The average molecular weight is 252 g/mol. The van der Waals surface area contributed by atoms with Crippen LogP contribution in [0.2, 0.25) is 0 Å². The topological polar surface area (TPSA) is 32.3 Å². The quantitative estimate of drug-likeness (QED) is 0.820. The first-order valence-corrected chi connectivity index (χ1v) is 7.82. The maximum atomic E-state index is 12.0. The number of nitrogens with zero attached hydrogens (tertiary/aromatic N) is 1. The summed E-state index contributed by atoms with van der Waals surface area (Å²) in [6.45, 7) is 5.09. The van der Waals surface area contributed by atoms with Crippen LogP contribution in [-0.4, -0.2) is 30.6 Å². The van der Waals surface area contributed by atoms with Crippen molar-refractivity contribution in [3.05, 3.63) is 0 Å². The molecule has 1 N–H and O–H groups in total. The minimum atomic E-state index is 0.173. The summed E-state index contributed by atoms with van der Waals surface area (Å²) in [6, 6.07) is 0.173. The Morgan fingerprint density at radius 2 is 1.67 bits per heavy atom. The normalized spacial score (nSPS) is 29.1. The van der Waals surface area contributed by atoms with Gasteiger partial charge in [0.05, 0.1) is 0 Å². The van der Waals surface area contributed by atoms with E-state index in [0.29, 0.717) is 0 Å². The number of piperidine rings is 1. The molecule has 0 bridgehead atoms. The summed E-state index contributed by atoms with van der Waals surface area (Å²) >= 11 is 0. The highest BCUT2D eigenvalue weighted by Gasteiger charge is 2.21. The summed E-state index contributed by atoms with van der Waals surface area (Å²) in [5.74, 6) is 1.67. The van der Waals surface area contributed by atoms with Gasteiger partial charge in [-0.1, -0.05) is 26.2 Å². The van der Waals surface area contributed by atoms with E-state index in [-0.39, 0.29) is 6.03 Å². The predicted octanol–water partition coefficient (Wildman–Crippen LogP) is 3.40. The molecule has 3 nitrogen and oxygen atoms in total. The van der Waals surface area contributed by atoms with E-state index in [1.165, 1.54) is 51.4 Å². The number of rotatable bonds is 3. The number of likely N-dealkylation sites (tertiary alicyclic amines) is 1. The molecule has 1 heterocycles. The van der Waals surface area contributed by atoms with Gasteiger partial charge in [-0.2, -0.15) is 0 Å². The van der Waals surface area contributed by atoms with E-state index in [2.05, 4.69) is 12.2 Å². The van der Waals surface area contributed by atoms with Crippen molar-refractivity contribution in [2.75, 3.05) is 19.6 Å². The Morgan fingerprint density at radius 1 is 1.06 bits per heavy atom. The van der Waals surface area contributed by atoms with Crippen molar-refractivity contribution in [1.29, 1.82) is 0 Å². The largest absolute Gasteiger partial charge is 0.338 e. The van der Waals surface area contributed by atoms with Crippen molar-refractivity contribution in [2.24, 2.45) is 11.8 Å². The smallest absolute Gasteiger partial charge is 0.317 e. The highest BCUT2D eigenvalue weighted by Crippen LogP contribution is 2.30. The average Bonchev–Trinajstić information content (AvgIpc) is 2.46. The number of urea groups is 1. The molecule has 0 aromatic heterocycles. The van der Waals surface area contributed by atoms with Gasteiger partial charge in [-0.15, -0.1) is 0 Å². The summed E-state index contributed by atoms with van der Waals surface area (Å²) in [5.41, 5.74) is 0. The van der Waals surface area contributed by atoms with Crippen LogP contribution in [0, 0.1) is 11.8 Å². The highest BCUT2D eigenvalue weighted by molar-refractivity contribution is 5.74. The van der Waals surface area contributed by atoms with Crippen LogP contribution in [0.5, 0.6) is 0 Å². The third-order valence-corrected chi connectivity index (χ3v) is 4.73. The molecule has 0 aromatic carbocycles. The van der Waals surface area contributed by atoms with Crippen LogP contribution < -0.4 is 5.32 Å². The maximum Gasteiger partial charge on any atom is 0.317 e. The molecule has 0 atom stereocenters. The van der Waals surface area contributed by atoms with Crippen LogP contribution in [0.3, 0.4) is 0 Å². The number of carbonyl (C=O) groups is 1. The molecule has 2 rings (SSSR count). The van der Waals surface area contributed by atoms with Gasteiger partial charge in [-0.3, -0.25) is 0 Å². The summed E-state index contributed by atoms with van der Waals surface area (Å²) in [7, 11) is 0. The van der Waals surface area contributed by atoms with Gasteiger partial charge in [0.15, 0.2) is 0 Å². The molecule has 0 spiro atoms. The van der Waals surface area contributed by atoms with E-state index in [1.807, 2.05) is 4.90 Å². The molecule has 2 fully saturated rings. The molecule has 1 saturated carbocycles. The monoisotopic (exact) mass is 252 g/mol. The fraction of sp³-hybridized carbons (Fsp3) is 0.933. The van der Waals surface area contributed by atoms with Crippen molar-refractivity contribution in [3.8, 4) is 0 Å². The zero-order chi connectivity index (χ0) is 12.8. The lowest BCUT2D eigenvalue weighted by Crippen LogP contribution is -2.44. The number of amides is 2. The summed E-state index contributed by atoms with van der Waals surface area (Å²) in [4.78, 5) is 14.0. The Kier molecular flexibility index (Phi) is 5.33. The number of carbonyl (C=O) groups excluding carboxylic acids is 1. The fourth-order valence-electron chi connectivity index (χ4n) is 3.28. The Bertz CT molecular complexity index is 253. The predicted molar refractivity (Wildman–Crippen MR) is 74.6 cm³/mol. The summed E-state index contributed by atoms with van der Waals surface area (Å²) in [5, 5.41) is 3.14. The minimum absolute atomic E-state index is 0.173. The zero-order valence-corrected chi connectivity index (χ0v) is 11.8. The second-order valence-electron chi connectivity index (χ2n) is 6.03. The number of hydrogen-bond donors (Lipinski definition) is 1. The maximum absolute atomic E-state index is 12.0. The molecule has 18 heavy (non-hydrogen) atoms. The molecule has 0 aromatic rings. The van der Waals surface area contributed by atoms with E-state index in [4.69, 9.17) is 0 Å². The Morgan fingerprint density at radius 3 is 2.28 bits per heavy atom. The van der Waals surface area contributed by atoms with E-state index in [1.54, 1.807) is 0 Å². The first-order valence-electron chi connectivity index (χ1n) is 7.82. The molecular formula is C15H28N2O. The molecule has 3 heteroatoms. The SMILES string of the molecule is CCC1CCC(CNC(=O)N2CCCCC2)CC1. The lowest BCUT2D eigenvalue weighted by atomic mass is 9.81. The van der Waals surface area contributed by atoms with Gasteiger partial charge < -0.3 is 10.2 Å². The highest BCUT2D eigenvalue weighted by atomic mass is 16.2. The molecule has 2 aliphatic rings. The molecular weight excluding hydrogens is 224 g/mol. The number of nitrogens with one attached hydrogen (secondary N) is 1. The van der Waals surface area contributed by atoms with E-state index >= 15 is 0 Å². The van der Waals surface area contributed by atoms with E-state index in [9.17, 15) is 4.79 Å². The van der Waals surface area contributed by atoms with Gasteiger partial charge in [0.1, 0.15) is 0 Å². The van der Waals surface area contributed by atoms with Crippen molar-refractivity contribution in [3.63, 3.8) is 0 Å². The van der Waals surface area contributed by atoms with Crippen molar-refractivity contribution in [1.82, 2.24) is 10.2 Å². The Hall–Kier alpha value is -0.730. The summed E-state index contributed by atoms with van der Waals surface area (Å²) < 4.78 is 0. The minimum Gasteiger partial charge on any atom is -0.338 e. The van der Waals surface area contributed by atoms with Gasteiger partial charge in [-0.25, -0.2) is 4.79 Å². The van der Waals surface area contributed by atoms with Gasteiger partial charge in [0.25, 0.3) is 0 Å². The Labute approximate surface area is 111 Å². The van der Waals surface area contributed by atoms with Crippen molar-refractivity contribution in [2.45, 2.75) is 58.3 Å². The summed E-state index contributed by atoms with van der Waals surface area (Å²) in [6.07, 6.45) is 10.3. The van der Waals surface area contributed by atoms with Gasteiger partial charge in [0, 0.05) is 19.6 Å². The number of hydrogen-bond acceptors (Lipinski definition) is 1. The van der Waals surface area contributed by atoms with Crippen LogP contribution in [0.1, 0.15) is 58.3 Å². The van der Waals surface area contributed by atoms with Crippen LogP contribution in [-0.2, 0) is 0 Å². The molecule has 0 radical (unpaired) electrons. The van der Waals surface area contributed by atoms with Crippen LogP contribution in [0.25, 0.3) is 0 Å². The molecule has 1 aliphatic carbocycles. The lowest BCUT2D eigenvalue weighted by molar-refractivity contribution is 0.181. The fourth-order valence-corrected chi connectivity index (χ4v) is 3.28. The van der Waals surface area contributed by atoms with Gasteiger partial charge >= 0.3 is 6.03 Å². The van der Waals surface area contributed by atoms with Crippen LogP contribution >= 0.6 is 0 Å². The van der Waals surface area contributed by atoms with E-state index in [0.717, 1.165) is 31.5 Å². The molecule has 1 aliphatic heterocycles. The molecule has 2 amide bonds.